The third-order valence-corrected chi connectivity index (χ3v) is 2.78. The van der Waals surface area contributed by atoms with Crippen LogP contribution in [0.2, 0.25) is 0 Å². The first-order chi connectivity index (χ1) is 9.06. The van der Waals surface area contributed by atoms with Crippen LogP contribution in [0.3, 0.4) is 0 Å². The summed E-state index contributed by atoms with van der Waals surface area (Å²) in [4.78, 5) is 0. The summed E-state index contributed by atoms with van der Waals surface area (Å²) >= 11 is 0. The fourth-order valence-electron chi connectivity index (χ4n) is 1.82. The van der Waals surface area contributed by atoms with Gasteiger partial charge in [-0.05, 0) is 25.5 Å². The van der Waals surface area contributed by atoms with Gasteiger partial charge in [-0.1, -0.05) is 19.8 Å². The molecule has 1 aromatic carbocycles. The number of nitrogens with one attached hydrogen (secondary N) is 1. The van der Waals surface area contributed by atoms with Crippen LogP contribution in [-0.2, 0) is 0 Å². The summed E-state index contributed by atoms with van der Waals surface area (Å²) in [6, 6.07) is 5.23. The summed E-state index contributed by atoms with van der Waals surface area (Å²) in [5.74, 6) is 0.345. The number of unbranched alkanes of at least 4 members (excludes halogenated alkanes) is 1. The monoisotopic (exact) mass is 273 g/mol. The Bertz CT molecular complexity index is 386. The molecule has 1 atom stereocenters. The molecule has 1 aromatic rings. The van der Waals surface area contributed by atoms with E-state index in [-0.39, 0.29) is 11.8 Å². The van der Waals surface area contributed by atoms with Crippen molar-refractivity contribution < 1.29 is 18.3 Å². The largest absolute Gasteiger partial charge is 0.493 e. The molecule has 5 heteroatoms. The Morgan fingerprint density at radius 2 is 2.00 bits per heavy atom. The van der Waals surface area contributed by atoms with E-state index in [1.165, 1.54) is 13.2 Å². The van der Waals surface area contributed by atoms with Gasteiger partial charge in [0.05, 0.1) is 7.11 Å². The van der Waals surface area contributed by atoms with Gasteiger partial charge in [0, 0.05) is 17.8 Å². The minimum absolute atomic E-state index is 0.0465. The molecule has 0 aliphatic rings. The molecule has 0 aromatic heterocycles. The molecule has 0 heterocycles. The molecule has 0 aliphatic heterocycles. The highest BCUT2D eigenvalue weighted by Crippen LogP contribution is 2.31. The van der Waals surface area contributed by atoms with E-state index in [0.717, 1.165) is 24.9 Å². The molecule has 0 spiro atoms. The van der Waals surface area contributed by atoms with Gasteiger partial charge < -0.3 is 14.8 Å². The number of rotatable bonds is 8. The summed E-state index contributed by atoms with van der Waals surface area (Å²) in [6.45, 7) is 1.34. The van der Waals surface area contributed by atoms with E-state index in [1.807, 2.05) is 0 Å². The Morgan fingerprint density at radius 1 is 1.26 bits per heavy atom. The van der Waals surface area contributed by atoms with E-state index in [4.69, 9.17) is 4.74 Å². The molecule has 1 unspecified atom stereocenters. The maximum atomic E-state index is 12.3. The van der Waals surface area contributed by atoms with Gasteiger partial charge in [0.2, 0.25) is 0 Å². The predicted octanol–water partition coefficient (Wildman–Crippen LogP) is 4.29. The normalized spacial score (nSPS) is 12.3. The highest BCUT2D eigenvalue weighted by molar-refractivity contribution is 5.55. The molecule has 108 valence electrons. The molecule has 0 aliphatic carbocycles. The fourth-order valence-corrected chi connectivity index (χ4v) is 1.82. The zero-order chi connectivity index (χ0) is 14.3. The van der Waals surface area contributed by atoms with E-state index < -0.39 is 6.61 Å². The maximum absolute atomic E-state index is 12.3. The second kappa shape index (κ2) is 7.81. The molecular formula is C14H21F2NO2. The molecule has 0 saturated carbocycles. The Balaban J connectivity index is 2.74. The number of hydrogen-bond donors (Lipinski definition) is 1. The van der Waals surface area contributed by atoms with E-state index in [1.54, 1.807) is 12.1 Å². The lowest BCUT2D eigenvalue weighted by atomic mass is 10.1. The first-order valence-corrected chi connectivity index (χ1v) is 6.46. The van der Waals surface area contributed by atoms with Crippen LogP contribution in [0.25, 0.3) is 0 Å². The van der Waals surface area contributed by atoms with Gasteiger partial charge in [-0.25, -0.2) is 0 Å². The smallest absolute Gasteiger partial charge is 0.387 e. The maximum Gasteiger partial charge on any atom is 0.387 e. The lowest BCUT2D eigenvalue weighted by Gasteiger charge is -2.17. The number of benzene rings is 1. The van der Waals surface area contributed by atoms with Gasteiger partial charge in [-0.3, -0.25) is 0 Å². The van der Waals surface area contributed by atoms with Crippen LogP contribution in [0.15, 0.2) is 18.2 Å². The molecule has 3 nitrogen and oxygen atoms in total. The second-order valence-electron chi connectivity index (χ2n) is 4.43. The number of methoxy groups -OCH3 is 1. The standard InChI is InChI=1S/C14H21F2NO2/c1-4-5-6-10(2)17-11-7-8-12(18-3)13(9-11)19-14(15)16/h7-10,14,17H,4-6H2,1-3H3. The Hall–Kier alpha value is -1.52. The van der Waals surface area contributed by atoms with Gasteiger partial charge >= 0.3 is 6.61 Å². The summed E-state index contributed by atoms with van der Waals surface area (Å²) in [6.07, 6.45) is 3.30. The SMILES string of the molecule is CCCCC(C)Nc1ccc(OC)c(OC(F)F)c1. The minimum atomic E-state index is -2.86. The summed E-state index contributed by atoms with van der Waals surface area (Å²) in [5.41, 5.74) is 0.750. The topological polar surface area (TPSA) is 30.5 Å². The van der Waals surface area contributed by atoms with Crippen molar-refractivity contribution in [1.29, 1.82) is 0 Å². The van der Waals surface area contributed by atoms with Gasteiger partial charge in [0.15, 0.2) is 11.5 Å². The van der Waals surface area contributed by atoms with Crippen molar-refractivity contribution in [2.24, 2.45) is 0 Å². The van der Waals surface area contributed by atoms with E-state index >= 15 is 0 Å². The predicted molar refractivity (Wildman–Crippen MR) is 72.2 cm³/mol. The molecule has 19 heavy (non-hydrogen) atoms. The minimum Gasteiger partial charge on any atom is -0.493 e. The molecule has 1 N–H and O–H groups in total. The zero-order valence-electron chi connectivity index (χ0n) is 11.6. The summed E-state index contributed by atoms with van der Waals surface area (Å²) in [5, 5.41) is 3.26. The van der Waals surface area contributed by atoms with Crippen molar-refractivity contribution in [2.75, 3.05) is 12.4 Å². The number of hydrogen-bond acceptors (Lipinski definition) is 3. The summed E-state index contributed by atoms with van der Waals surface area (Å²) < 4.78 is 34.0. The average Bonchev–Trinajstić information content (AvgIpc) is 2.36. The molecule has 0 fully saturated rings. The quantitative estimate of drug-likeness (QED) is 0.766. The van der Waals surface area contributed by atoms with Gasteiger partial charge in [-0.2, -0.15) is 8.78 Å². The van der Waals surface area contributed by atoms with E-state index in [9.17, 15) is 8.78 Å². The van der Waals surface area contributed by atoms with Gasteiger partial charge in [0.25, 0.3) is 0 Å². The lowest BCUT2D eigenvalue weighted by Crippen LogP contribution is -2.15. The van der Waals surface area contributed by atoms with Crippen LogP contribution in [0.5, 0.6) is 11.5 Å². The van der Waals surface area contributed by atoms with Crippen molar-refractivity contribution in [3.63, 3.8) is 0 Å². The van der Waals surface area contributed by atoms with Crippen LogP contribution in [-0.4, -0.2) is 19.8 Å². The molecular weight excluding hydrogens is 252 g/mol. The second-order valence-corrected chi connectivity index (χ2v) is 4.43. The number of halogens is 2. The highest BCUT2D eigenvalue weighted by atomic mass is 19.3. The van der Waals surface area contributed by atoms with Crippen LogP contribution >= 0.6 is 0 Å². The van der Waals surface area contributed by atoms with Crippen molar-refractivity contribution in [3.8, 4) is 11.5 Å². The first kappa shape index (κ1) is 15.5. The third kappa shape index (κ3) is 5.32. The van der Waals surface area contributed by atoms with E-state index in [0.29, 0.717) is 5.75 Å². The third-order valence-electron chi connectivity index (χ3n) is 2.78. The zero-order valence-corrected chi connectivity index (χ0v) is 11.6. The number of alkyl halides is 2. The lowest BCUT2D eigenvalue weighted by molar-refractivity contribution is -0.0511. The van der Waals surface area contributed by atoms with E-state index in [2.05, 4.69) is 23.9 Å². The van der Waals surface area contributed by atoms with Crippen molar-refractivity contribution in [2.45, 2.75) is 45.8 Å². The Morgan fingerprint density at radius 3 is 2.58 bits per heavy atom. The fraction of sp³-hybridized carbons (Fsp3) is 0.571. The van der Waals surface area contributed by atoms with Crippen molar-refractivity contribution in [1.82, 2.24) is 0 Å². The van der Waals surface area contributed by atoms with Crippen molar-refractivity contribution >= 4 is 5.69 Å². The van der Waals surface area contributed by atoms with Crippen LogP contribution in [0.1, 0.15) is 33.1 Å². The van der Waals surface area contributed by atoms with Crippen LogP contribution in [0, 0.1) is 0 Å². The van der Waals surface area contributed by atoms with Crippen LogP contribution in [0.4, 0.5) is 14.5 Å². The van der Waals surface area contributed by atoms with Gasteiger partial charge in [0.1, 0.15) is 0 Å². The highest BCUT2D eigenvalue weighted by Gasteiger charge is 2.12. The molecule has 0 amide bonds. The van der Waals surface area contributed by atoms with Crippen molar-refractivity contribution in [3.05, 3.63) is 18.2 Å². The van der Waals surface area contributed by atoms with Crippen LogP contribution < -0.4 is 14.8 Å². The Kier molecular flexibility index (Phi) is 6.39. The summed E-state index contributed by atoms with van der Waals surface area (Å²) in [7, 11) is 1.42. The molecule has 0 bridgehead atoms. The average molecular weight is 273 g/mol. The molecule has 1 rings (SSSR count). The number of ether oxygens (including phenoxy) is 2. The number of anilines is 1. The Labute approximate surface area is 112 Å². The van der Waals surface area contributed by atoms with Gasteiger partial charge in [-0.15, -0.1) is 0 Å². The molecule has 0 saturated heterocycles. The first-order valence-electron chi connectivity index (χ1n) is 6.46. The molecule has 0 radical (unpaired) electrons.